The molecule has 0 saturated heterocycles. The molecule has 1 aromatic heterocycles. The van der Waals surface area contributed by atoms with E-state index in [0.717, 1.165) is 35.4 Å². The van der Waals surface area contributed by atoms with Gasteiger partial charge in [-0.15, -0.1) is 0 Å². The number of halogens is 1. The molecule has 1 aliphatic rings. The maximum atomic E-state index is 5.37. The van der Waals surface area contributed by atoms with E-state index in [4.69, 9.17) is 4.42 Å². The molecule has 1 saturated carbocycles. The first kappa shape index (κ1) is 9.28. The molecule has 1 aliphatic carbocycles. The molecule has 1 fully saturated rings. The Bertz CT molecular complexity index is 284. The highest BCUT2D eigenvalue weighted by Crippen LogP contribution is 2.36. The number of rotatable bonds is 4. The van der Waals surface area contributed by atoms with Crippen molar-refractivity contribution >= 4 is 15.9 Å². The van der Waals surface area contributed by atoms with Gasteiger partial charge in [0, 0.05) is 0 Å². The predicted molar refractivity (Wildman–Crippen MR) is 55.4 cm³/mol. The fraction of sp³-hybridized carbons (Fsp3) is 0.600. The second-order valence-corrected chi connectivity index (χ2v) is 4.59. The van der Waals surface area contributed by atoms with Crippen LogP contribution < -0.4 is 5.32 Å². The van der Waals surface area contributed by atoms with Crippen molar-refractivity contribution in [2.75, 3.05) is 6.54 Å². The third-order valence-corrected chi connectivity index (χ3v) is 3.04. The zero-order chi connectivity index (χ0) is 9.26. The summed E-state index contributed by atoms with van der Waals surface area (Å²) in [5.41, 5.74) is 0. The highest BCUT2D eigenvalue weighted by molar-refractivity contribution is 9.10. The van der Waals surface area contributed by atoms with Crippen molar-refractivity contribution in [2.24, 2.45) is 11.8 Å². The fourth-order valence-electron chi connectivity index (χ4n) is 1.51. The molecule has 72 valence electrons. The van der Waals surface area contributed by atoms with Gasteiger partial charge in [0.25, 0.3) is 0 Å². The van der Waals surface area contributed by atoms with Gasteiger partial charge in [0.1, 0.15) is 5.76 Å². The lowest BCUT2D eigenvalue weighted by Crippen LogP contribution is -2.16. The fourth-order valence-corrected chi connectivity index (χ4v) is 1.85. The molecule has 0 amide bonds. The van der Waals surface area contributed by atoms with E-state index >= 15 is 0 Å². The molecule has 1 N–H and O–H groups in total. The first-order valence-corrected chi connectivity index (χ1v) is 5.50. The number of hydrogen-bond acceptors (Lipinski definition) is 2. The van der Waals surface area contributed by atoms with Gasteiger partial charge < -0.3 is 9.73 Å². The highest BCUT2D eigenvalue weighted by atomic mass is 79.9. The number of nitrogens with one attached hydrogen (secondary N) is 1. The average Bonchev–Trinajstić information content (AvgIpc) is 2.60. The summed E-state index contributed by atoms with van der Waals surface area (Å²) in [6.45, 7) is 4.27. The Morgan fingerprint density at radius 1 is 1.62 bits per heavy atom. The molecule has 0 aromatic carbocycles. The SMILES string of the molecule is CC1CC1CNCc1ccc(Br)o1. The van der Waals surface area contributed by atoms with Crippen molar-refractivity contribution < 1.29 is 4.42 Å². The van der Waals surface area contributed by atoms with Crippen LogP contribution in [0.3, 0.4) is 0 Å². The average molecular weight is 244 g/mol. The van der Waals surface area contributed by atoms with Crippen LogP contribution in [0.25, 0.3) is 0 Å². The zero-order valence-electron chi connectivity index (χ0n) is 7.72. The van der Waals surface area contributed by atoms with Gasteiger partial charge in [-0.05, 0) is 52.9 Å². The number of hydrogen-bond donors (Lipinski definition) is 1. The largest absolute Gasteiger partial charge is 0.453 e. The van der Waals surface area contributed by atoms with E-state index in [1.807, 2.05) is 12.1 Å². The molecule has 1 aromatic rings. The summed E-state index contributed by atoms with van der Waals surface area (Å²) in [4.78, 5) is 0. The molecule has 0 aliphatic heterocycles. The van der Waals surface area contributed by atoms with E-state index in [2.05, 4.69) is 28.2 Å². The van der Waals surface area contributed by atoms with Crippen LogP contribution in [0, 0.1) is 11.8 Å². The van der Waals surface area contributed by atoms with Gasteiger partial charge in [-0.25, -0.2) is 0 Å². The second kappa shape index (κ2) is 3.84. The lowest BCUT2D eigenvalue weighted by molar-refractivity contribution is 0.460. The van der Waals surface area contributed by atoms with Crippen molar-refractivity contribution in [3.8, 4) is 0 Å². The second-order valence-electron chi connectivity index (χ2n) is 3.81. The minimum absolute atomic E-state index is 0.809. The van der Waals surface area contributed by atoms with Gasteiger partial charge >= 0.3 is 0 Å². The molecule has 2 atom stereocenters. The Morgan fingerprint density at radius 2 is 2.38 bits per heavy atom. The lowest BCUT2D eigenvalue weighted by Gasteiger charge is -2.00. The van der Waals surface area contributed by atoms with Crippen LogP contribution in [0.1, 0.15) is 19.1 Å². The van der Waals surface area contributed by atoms with Crippen molar-refractivity contribution in [3.05, 3.63) is 22.6 Å². The summed E-state index contributed by atoms with van der Waals surface area (Å²) in [6, 6.07) is 3.92. The normalized spacial score (nSPS) is 26.3. The van der Waals surface area contributed by atoms with Gasteiger partial charge in [-0.3, -0.25) is 0 Å². The summed E-state index contributed by atoms with van der Waals surface area (Å²) < 4.78 is 6.18. The minimum atomic E-state index is 0.809. The van der Waals surface area contributed by atoms with E-state index in [-0.39, 0.29) is 0 Å². The first-order valence-electron chi connectivity index (χ1n) is 4.70. The summed E-state index contributed by atoms with van der Waals surface area (Å²) in [6.07, 6.45) is 1.38. The molecule has 2 rings (SSSR count). The molecule has 3 heteroatoms. The van der Waals surface area contributed by atoms with Gasteiger partial charge in [-0.2, -0.15) is 0 Å². The van der Waals surface area contributed by atoms with Crippen LogP contribution in [-0.2, 0) is 6.54 Å². The smallest absolute Gasteiger partial charge is 0.169 e. The molecular weight excluding hydrogens is 230 g/mol. The van der Waals surface area contributed by atoms with Crippen molar-refractivity contribution in [2.45, 2.75) is 19.9 Å². The summed E-state index contributed by atoms with van der Waals surface area (Å²) in [7, 11) is 0. The molecule has 2 unspecified atom stereocenters. The zero-order valence-corrected chi connectivity index (χ0v) is 9.30. The molecule has 0 spiro atoms. The minimum Gasteiger partial charge on any atom is -0.453 e. The molecular formula is C10H14BrNO. The van der Waals surface area contributed by atoms with Gasteiger partial charge in [-0.1, -0.05) is 6.92 Å². The summed E-state index contributed by atoms with van der Waals surface area (Å²) in [5, 5.41) is 3.39. The highest BCUT2D eigenvalue weighted by Gasteiger charge is 2.31. The van der Waals surface area contributed by atoms with E-state index < -0.39 is 0 Å². The van der Waals surface area contributed by atoms with Crippen LogP contribution in [0.4, 0.5) is 0 Å². The van der Waals surface area contributed by atoms with Crippen LogP contribution in [0.2, 0.25) is 0 Å². The monoisotopic (exact) mass is 243 g/mol. The maximum absolute atomic E-state index is 5.37. The van der Waals surface area contributed by atoms with Gasteiger partial charge in [0.2, 0.25) is 0 Å². The Hall–Kier alpha value is -0.280. The van der Waals surface area contributed by atoms with E-state index in [9.17, 15) is 0 Å². The third kappa shape index (κ3) is 2.58. The summed E-state index contributed by atoms with van der Waals surface area (Å²) in [5.74, 6) is 2.83. The standard InChI is InChI=1S/C10H14BrNO/c1-7-4-8(7)5-12-6-9-2-3-10(11)13-9/h2-3,7-8,12H,4-6H2,1H3. The lowest BCUT2D eigenvalue weighted by atomic mass is 10.3. The Morgan fingerprint density at radius 3 is 2.92 bits per heavy atom. The topological polar surface area (TPSA) is 25.2 Å². The quantitative estimate of drug-likeness (QED) is 0.880. The first-order chi connectivity index (χ1) is 6.25. The van der Waals surface area contributed by atoms with Gasteiger partial charge in [0.15, 0.2) is 4.67 Å². The maximum Gasteiger partial charge on any atom is 0.169 e. The Kier molecular flexibility index (Phi) is 2.74. The Balaban J connectivity index is 1.68. The molecule has 1 heterocycles. The predicted octanol–water partition coefficient (Wildman–Crippen LogP) is 2.79. The molecule has 13 heavy (non-hydrogen) atoms. The number of furan rings is 1. The van der Waals surface area contributed by atoms with E-state index in [0.29, 0.717) is 0 Å². The third-order valence-electron chi connectivity index (χ3n) is 2.61. The van der Waals surface area contributed by atoms with E-state index in [1.54, 1.807) is 0 Å². The van der Waals surface area contributed by atoms with Crippen LogP contribution >= 0.6 is 15.9 Å². The van der Waals surface area contributed by atoms with Crippen LogP contribution in [-0.4, -0.2) is 6.54 Å². The van der Waals surface area contributed by atoms with Crippen molar-refractivity contribution in [1.82, 2.24) is 5.32 Å². The van der Waals surface area contributed by atoms with Crippen LogP contribution in [0.5, 0.6) is 0 Å². The van der Waals surface area contributed by atoms with Crippen molar-refractivity contribution in [1.29, 1.82) is 0 Å². The Labute approximate surface area is 86.8 Å². The van der Waals surface area contributed by atoms with Crippen LogP contribution in [0.15, 0.2) is 21.2 Å². The summed E-state index contributed by atoms with van der Waals surface area (Å²) >= 11 is 3.28. The molecule has 0 radical (unpaired) electrons. The molecule has 2 nitrogen and oxygen atoms in total. The van der Waals surface area contributed by atoms with Gasteiger partial charge in [0.05, 0.1) is 6.54 Å². The van der Waals surface area contributed by atoms with Crippen molar-refractivity contribution in [3.63, 3.8) is 0 Å². The van der Waals surface area contributed by atoms with E-state index in [1.165, 1.54) is 6.42 Å². The molecule has 0 bridgehead atoms.